The van der Waals surface area contributed by atoms with Crippen molar-refractivity contribution < 1.29 is 14.0 Å². The Morgan fingerprint density at radius 3 is 2.69 bits per heavy atom. The van der Waals surface area contributed by atoms with E-state index >= 15 is 0 Å². The van der Waals surface area contributed by atoms with Gasteiger partial charge in [0.15, 0.2) is 17.6 Å². The molecule has 2 fully saturated rings. The highest BCUT2D eigenvalue weighted by molar-refractivity contribution is 6.74. The third kappa shape index (κ3) is 2.25. The van der Waals surface area contributed by atoms with E-state index in [1.54, 1.807) is 0 Å². The molecule has 0 aromatic heterocycles. The number of hydrogen-bond donors (Lipinski definition) is 1. The average Bonchev–Trinajstić information content (AvgIpc) is 2.97. The van der Waals surface area contributed by atoms with Crippen LogP contribution in [0.1, 0.15) is 51.2 Å². The number of ether oxygens (including phenoxy) is 1. The third-order valence-corrected chi connectivity index (χ3v) is 13.2. The molecule has 2 heterocycles. The number of rotatable bonds is 2. The molecule has 4 atom stereocenters. The molecule has 2 N–H and O–H groups in total. The number of piperidine rings is 1. The summed E-state index contributed by atoms with van der Waals surface area (Å²) in [6.07, 6.45) is 2.58. The number of nitrogens with two attached hydrogens (primary N) is 1. The maximum atomic E-state index is 13.1. The number of likely N-dealkylation sites (tertiary alicyclic amines) is 1. The fourth-order valence-corrected chi connectivity index (χ4v) is 7.16. The number of likely N-dealkylation sites (N-methyl/N-ethyl adjacent to an activating group) is 1. The van der Waals surface area contributed by atoms with E-state index in [0.717, 1.165) is 37.3 Å². The number of hydrogen-bond acceptors (Lipinski definition) is 5. The summed E-state index contributed by atoms with van der Waals surface area (Å²) >= 11 is 0. The first kappa shape index (κ1) is 19.6. The molecule has 0 radical (unpaired) electrons. The Morgan fingerprint density at radius 2 is 2.00 bits per heavy atom. The van der Waals surface area contributed by atoms with E-state index < -0.39 is 25.4 Å². The van der Waals surface area contributed by atoms with Gasteiger partial charge in [-0.2, -0.15) is 0 Å². The van der Waals surface area contributed by atoms with Gasteiger partial charge >= 0.3 is 0 Å². The van der Waals surface area contributed by atoms with Gasteiger partial charge in [0, 0.05) is 23.6 Å². The Hall–Kier alpha value is -1.37. The van der Waals surface area contributed by atoms with Crippen molar-refractivity contribution in [3.8, 4) is 11.5 Å². The standard InChI is InChI=1S/C23H34N2O3Si/c1-21(2,3)29(5,6)28-16-8-7-14-13-17-23(24)10-9-15(26)20-22(23,11-12-25(17)4)18(14)19(16)27-20/h7-8,17,20H,9-13,24H2,1-6H3/t17?,20-,22-,23+/m0/s1. The van der Waals surface area contributed by atoms with E-state index in [1.807, 2.05) is 0 Å². The smallest absolute Gasteiger partial charge is 0.250 e. The molecule has 2 aliphatic heterocycles. The van der Waals surface area contributed by atoms with Crippen molar-refractivity contribution in [2.75, 3.05) is 13.6 Å². The molecule has 29 heavy (non-hydrogen) atoms. The van der Waals surface area contributed by atoms with Gasteiger partial charge in [0.05, 0.1) is 5.41 Å². The first-order chi connectivity index (χ1) is 13.4. The van der Waals surface area contributed by atoms with Gasteiger partial charge in [-0.05, 0) is 62.6 Å². The lowest BCUT2D eigenvalue weighted by Crippen LogP contribution is -2.79. The first-order valence-electron chi connectivity index (χ1n) is 11.0. The Balaban J connectivity index is 1.71. The molecule has 158 valence electrons. The zero-order valence-corrected chi connectivity index (χ0v) is 19.6. The Bertz CT molecular complexity index is 908. The van der Waals surface area contributed by atoms with Crippen molar-refractivity contribution in [2.45, 2.75) is 87.7 Å². The number of ketones is 1. The van der Waals surface area contributed by atoms with Gasteiger partial charge < -0.3 is 19.8 Å². The highest BCUT2D eigenvalue weighted by atomic mass is 28.4. The third-order valence-electron chi connectivity index (χ3n) is 8.82. The van der Waals surface area contributed by atoms with Crippen molar-refractivity contribution in [2.24, 2.45) is 5.73 Å². The first-order valence-corrected chi connectivity index (χ1v) is 13.9. The van der Waals surface area contributed by atoms with Gasteiger partial charge in [0.25, 0.3) is 8.32 Å². The quantitative estimate of drug-likeness (QED) is 0.752. The van der Waals surface area contributed by atoms with E-state index in [9.17, 15) is 4.79 Å². The molecule has 2 bridgehead atoms. The number of carbonyl (C=O) groups excluding carboxylic acids is 1. The molecule has 2 aliphatic carbocycles. The second-order valence-corrected chi connectivity index (χ2v) is 15.9. The molecule has 6 heteroatoms. The Labute approximate surface area is 175 Å². The Kier molecular flexibility index (Phi) is 3.82. The van der Waals surface area contributed by atoms with Crippen molar-refractivity contribution in [1.82, 2.24) is 4.90 Å². The maximum absolute atomic E-state index is 13.1. The van der Waals surface area contributed by atoms with Gasteiger partial charge in [-0.1, -0.05) is 26.8 Å². The summed E-state index contributed by atoms with van der Waals surface area (Å²) < 4.78 is 13.2. The summed E-state index contributed by atoms with van der Waals surface area (Å²) in [4.78, 5) is 15.5. The van der Waals surface area contributed by atoms with E-state index in [-0.39, 0.29) is 16.9 Å². The van der Waals surface area contributed by atoms with E-state index in [4.69, 9.17) is 14.9 Å². The molecule has 0 amide bonds. The number of carbonyl (C=O) groups is 1. The zero-order valence-electron chi connectivity index (χ0n) is 18.6. The van der Waals surface area contributed by atoms with Gasteiger partial charge in [0.1, 0.15) is 5.75 Å². The molecule has 5 nitrogen and oxygen atoms in total. The monoisotopic (exact) mass is 414 g/mol. The van der Waals surface area contributed by atoms with Crippen LogP contribution in [0.25, 0.3) is 0 Å². The Morgan fingerprint density at radius 1 is 1.28 bits per heavy atom. The van der Waals surface area contributed by atoms with Crippen LogP contribution in [0, 0.1) is 0 Å². The SMILES string of the molecule is CN1CC[C@]23c4c5ccc(O[Si](C)(C)C(C)(C)C)c4O[C@H]2C(=O)CC[C@@]3(N)C1C5. The van der Waals surface area contributed by atoms with Gasteiger partial charge in [-0.3, -0.25) is 4.79 Å². The number of nitrogens with zero attached hydrogens (tertiary/aromatic N) is 1. The van der Waals surface area contributed by atoms with Crippen LogP contribution in [-0.2, 0) is 16.6 Å². The fourth-order valence-electron chi connectivity index (χ4n) is 6.14. The predicted octanol–water partition coefficient (Wildman–Crippen LogP) is 3.39. The van der Waals surface area contributed by atoms with Crippen molar-refractivity contribution >= 4 is 14.1 Å². The van der Waals surface area contributed by atoms with Crippen LogP contribution in [0.5, 0.6) is 11.5 Å². The summed E-state index contributed by atoms with van der Waals surface area (Å²) in [5.74, 6) is 1.83. The van der Waals surface area contributed by atoms with Gasteiger partial charge in [-0.15, -0.1) is 0 Å². The molecule has 1 unspecified atom stereocenters. The summed E-state index contributed by atoms with van der Waals surface area (Å²) in [5, 5.41) is 0.0887. The van der Waals surface area contributed by atoms with Crippen molar-refractivity contribution in [3.05, 3.63) is 23.3 Å². The maximum Gasteiger partial charge on any atom is 0.250 e. The molecule has 1 spiro atoms. The lowest BCUT2D eigenvalue weighted by Gasteiger charge is -2.63. The largest absolute Gasteiger partial charge is 0.541 e. The van der Waals surface area contributed by atoms with Crippen molar-refractivity contribution in [3.63, 3.8) is 0 Å². The van der Waals surface area contributed by atoms with Crippen LogP contribution in [-0.4, -0.2) is 50.3 Å². The lowest BCUT2D eigenvalue weighted by atomic mass is 9.48. The second-order valence-electron chi connectivity index (χ2n) is 11.2. The second kappa shape index (κ2) is 5.65. The minimum absolute atomic E-state index is 0.0887. The van der Waals surface area contributed by atoms with E-state index in [1.165, 1.54) is 11.1 Å². The average molecular weight is 415 g/mol. The topological polar surface area (TPSA) is 64.8 Å². The van der Waals surface area contributed by atoms with Gasteiger partial charge in [0.2, 0.25) is 0 Å². The molecular weight excluding hydrogens is 380 g/mol. The molecule has 5 rings (SSSR count). The molecular formula is C23H34N2O3Si. The molecule has 1 saturated carbocycles. The molecule has 4 aliphatic rings. The normalized spacial score (nSPS) is 35.9. The van der Waals surface area contributed by atoms with Crippen LogP contribution in [0.2, 0.25) is 18.1 Å². The van der Waals surface area contributed by atoms with Crippen molar-refractivity contribution in [1.29, 1.82) is 0 Å². The molecule has 1 saturated heterocycles. The van der Waals surface area contributed by atoms with E-state index in [0.29, 0.717) is 6.42 Å². The zero-order chi connectivity index (χ0) is 21.0. The van der Waals surface area contributed by atoms with Crippen LogP contribution in [0.4, 0.5) is 0 Å². The highest BCUT2D eigenvalue weighted by Gasteiger charge is 2.71. The summed E-state index contributed by atoms with van der Waals surface area (Å²) in [5.41, 5.74) is 8.89. The lowest BCUT2D eigenvalue weighted by molar-refractivity contribution is -0.140. The van der Waals surface area contributed by atoms with Crippen LogP contribution in [0.15, 0.2) is 12.1 Å². The van der Waals surface area contributed by atoms with Crippen LogP contribution in [0.3, 0.4) is 0 Å². The minimum atomic E-state index is -2.04. The van der Waals surface area contributed by atoms with Crippen LogP contribution >= 0.6 is 0 Å². The molecule has 1 aromatic carbocycles. The van der Waals surface area contributed by atoms with E-state index in [2.05, 4.69) is 57.9 Å². The predicted molar refractivity (Wildman–Crippen MR) is 116 cm³/mol. The van der Waals surface area contributed by atoms with Gasteiger partial charge in [-0.25, -0.2) is 0 Å². The summed E-state index contributed by atoms with van der Waals surface area (Å²) in [6.45, 7) is 12.2. The highest BCUT2D eigenvalue weighted by Crippen LogP contribution is 2.64. The van der Waals surface area contributed by atoms with Crippen LogP contribution < -0.4 is 14.9 Å². The minimum Gasteiger partial charge on any atom is -0.541 e. The number of benzene rings is 1. The fraction of sp³-hybridized carbons (Fsp3) is 0.696. The molecule has 1 aromatic rings. The summed E-state index contributed by atoms with van der Waals surface area (Å²) in [7, 11) is 0.136. The summed E-state index contributed by atoms with van der Waals surface area (Å²) in [6, 6.07) is 4.53. The number of Topliss-reactive ketones (excluding diaryl/α,β-unsaturated/α-hetero) is 1.